The average molecular weight is 969 g/mol. The van der Waals surface area contributed by atoms with Crippen LogP contribution in [0.4, 0.5) is 52.0 Å². The third-order valence-corrected chi connectivity index (χ3v) is 11.6. The smallest absolute Gasteiger partial charge is 0.296 e. The number of aromatic nitrogens is 3. The lowest BCUT2D eigenvalue weighted by Gasteiger charge is -2.25. The standard InChI is InChI=1S/C38H34BrN9O11S3/c1-3-47(25-11-7-5-8-12-25)37-42-36(43-38(44-37)48(4-2)26-13-9-6-10-14-26)41-29-22-27(60(51,52)53)19-23-20-31(62(57,58)59)34(35(50)33(23)29)46-45-28-21-24(40-32(49)17-18-39)15-16-30(28)61(54,55)56/h5-22,50H,3-4H2,1-2H3,(H,40,49)(H,51,52,53)(H,54,55,56)(H,57,58,59)(H,41,42,43,44). The lowest BCUT2D eigenvalue weighted by molar-refractivity contribution is -0.111. The zero-order valence-corrected chi connectivity index (χ0v) is 36.2. The molecule has 0 saturated heterocycles. The van der Waals surface area contributed by atoms with Gasteiger partial charge in [-0.25, -0.2) is 0 Å². The summed E-state index contributed by atoms with van der Waals surface area (Å²) in [4.78, 5) is 28.2. The van der Waals surface area contributed by atoms with E-state index in [2.05, 4.69) is 46.8 Å². The van der Waals surface area contributed by atoms with Crippen LogP contribution in [0.15, 0.2) is 133 Å². The van der Waals surface area contributed by atoms with Crippen molar-refractivity contribution < 1.29 is 48.8 Å². The Morgan fingerprint density at radius 1 is 0.726 bits per heavy atom. The van der Waals surface area contributed by atoms with Crippen LogP contribution < -0.4 is 20.4 Å². The Labute approximate surface area is 363 Å². The molecule has 0 fully saturated rings. The number of azo groups is 1. The lowest BCUT2D eigenvalue weighted by Crippen LogP contribution is -2.24. The fraction of sp³-hybridized carbons (Fsp3) is 0.105. The molecule has 322 valence electrons. The molecule has 1 amide bonds. The van der Waals surface area contributed by atoms with Crippen molar-refractivity contribution in [1.82, 2.24) is 15.0 Å². The van der Waals surface area contributed by atoms with E-state index in [0.717, 1.165) is 42.5 Å². The van der Waals surface area contributed by atoms with Crippen LogP contribution in [0.1, 0.15) is 13.8 Å². The minimum Gasteiger partial charge on any atom is -0.505 e. The van der Waals surface area contributed by atoms with Gasteiger partial charge in [-0.15, -0.1) is 10.2 Å². The molecule has 6 rings (SSSR count). The number of halogens is 1. The van der Waals surface area contributed by atoms with Crippen molar-refractivity contribution in [2.45, 2.75) is 28.5 Å². The van der Waals surface area contributed by atoms with E-state index in [4.69, 9.17) is 4.98 Å². The molecule has 0 unspecified atom stereocenters. The number of para-hydroxylation sites is 2. The van der Waals surface area contributed by atoms with Crippen molar-refractivity contribution in [2.24, 2.45) is 10.2 Å². The number of hydrogen-bond donors (Lipinski definition) is 6. The molecule has 1 aromatic heterocycles. The van der Waals surface area contributed by atoms with Crippen molar-refractivity contribution in [3.05, 3.63) is 108 Å². The molecule has 62 heavy (non-hydrogen) atoms. The first-order chi connectivity index (χ1) is 29.3. The Morgan fingerprint density at radius 2 is 1.29 bits per heavy atom. The molecule has 0 bridgehead atoms. The van der Waals surface area contributed by atoms with Gasteiger partial charge < -0.3 is 25.5 Å². The highest BCUT2D eigenvalue weighted by Gasteiger charge is 2.27. The van der Waals surface area contributed by atoms with Crippen LogP contribution in [0, 0.1) is 0 Å². The minimum atomic E-state index is -5.36. The fourth-order valence-corrected chi connectivity index (χ4v) is 8.15. The zero-order chi connectivity index (χ0) is 45.0. The number of hydrogen-bond acceptors (Lipinski definition) is 16. The van der Waals surface area contributed by atoms with E-state index in [1.54, 1.807) is 9.80 Å². The monoisotopic (exact) mass is 967 g/mol. The van der Waals surface area contributed by atoms with Gasteiger partial charge in [0.1, 0.15) is 21.2 Å². The number of nitrogens with zero attached hydrogens (tertiary/aromatic N) is 7. The van der Waals surface area contributed by atoms with Crippen molar-refractivity contribution in [3.8, 4) is 5.75 Å². The predicted octanol–water partition coefficient (Wildman–Crippen LogP) is 7.79. The first-order valence-corrected chi connectivity index (χ1v) is 23.1. The second-order valence-electron chi connectivity index (χ2n) is 12.8. The summed E-state index contributed by atoms with van der Waals surface area (Å²) in [6.45, 7) is 4.44. The van der Waals surface area contributed by atoms with Gasteiger partial charge in [0.15, 0.2) is 5.75 Å². The number of nitrogens with one attached hydrogen (secondary N) is 2. The summed E-state index contributed by atoms with van der Waals surface area (Å²) in [6, 6.07) is 23.6. The molecular formula is C38H34BrN9O11S3. The van der Waals surface area contributed by atoms with E-state index in [1.165, 1.54) is 4.99 Å². The highest BCUT2D eigenvalue weighted by Crippen LogP contribution is 2.46. The molecule has 24 heteroatoms. The SMILES string of the molecule is CCN(c1ccccc1)c1nc(Nc2cc(S(=O)(=O)O)cc3cc(S(=O)(=O)O)c(N=Nc4cc(NC(=O)C=CBr)ccc4S(=O)(=O)O)c(O)c23)nc(N(CC)c2ccccc2)n1. The van der Waals surface area contributed by atoms with Crippen LogP contribution in [-0.4, -0.2) is 78.0 Å². The first kappa shape index (κ1) is 45.1. The Morgan fingerprint density at radius 3 is 1.79 bits per heavy atom. The molecule has 0 aliphatic rings. The number of benzene rings is 5. The van der Waals surface area contributed by atoms with E-state index < -0.39 is 68.1 Å². The largest absolute Gasteiger partial charge is 0.505 e. The maximum absolute atomic E-state index is 12.8. The molecule has 0 atom stereocenters. The van der Waals surface area contributed by atoms with Crippen LogP contribution in [0.2, 0.25) is 0 Å². The molecule has 0 spiro atoms. The van der Waals surface area contributed by atoms with Gasteiger partial charge >= 0.3 is 0 Å². The molecule has 0 saturated carbocycles. The number of rotatable bonds is 15. The molecular weight excluding hydrogens is 935 g/mol. The summed E-state index contributed by atoms with van der Waals surface area (Å²) in [7, 11) is -15.4. The zero-order valence-electron chi connectivity index (χ0n) is 32.2. The number of carbonyl (C=O) groups excluding carboxylic acids is 1. The van der Waals surface area contributed by atoms with Gasteiger partial charge in [0.25, 0.3) is 30.4 Å². The number of anilines is 7. The van der Waals surface area contributed by atoms with Crippen molar-refractivity contribution in [3.63, 3.8) is 0 Å². The van der Waals surface area contributed by atoms with Crippen molar-refractivity contribution >= 4 is 115 Å². The van der Waals surface area contributed by atoms with Gasteiger partial charge in [0.05, 0.1) is 10.6 Å². The molecule has 0 radical (unpaired) electrons. The average Bonchev–Trinajstić information content (AvgIpc) is 3.20. The number of phenolic OH excluding ortho intramolecular Hbond substituents is 1. The lowest BCUT2D eigenvalue weighted by atomic mass is 10.1. The summed E-state index contributed by atoms with van der Waals surface area (Å²) in [6.07, 6.45) is 1.08. The second-order valence-corrected chi connectivity index (χ2v) is 17.5. The summed E-state index contributed by atoms with van der Waals surface area (Å²) in [5.41, 5.74) is -0.639. The predicted molar refractivity (Wildman–Crippen MR) is 234 cm³/mol. The number of aromatic hydroxyl groups is 1. The van der Waals surface area contributed by atoms with Gasteiger partial charge in [-0.3, -0.25) is 18.5 Å². The summed E-state index contributed by atoms with van der Waals surface area (Å²) in [5, 5.41) is 23.9. The number of amides is 1. The van der Waals surface area contributed by atoms with Gasteiger partial charge in [-0.1, -0.05) is 52.3 Å². The Kier molecular flexibility index (Phi) is 13.3. The first-order valence-electron chi connectivity index (χ1n) is 17.9. The van der Waals surface area contributed by atoms with Crippen LogP contribution in [0.3, 0.4) is 0 Å². The van der Waals surface area contributed by atoms with Gasteiger partial charge in [0.2, 0.25) is 23.8 Å². The van der Waals surface area contributed by atoms with Crippen molar-refractivity contribution in [1.29, 1.82) is 0 Å². The summed E-state index contributed by atoms with van der Waals surface area (Å²) in [5.74, 6) is -1.71. The maximum Gasteiger partial charge on any atom is 0.296 e. The van der Waals surface area contributed by atoms with Gasteiger partial charge in [0, 0.05) is 41.6 Å². The molecule has 20 nitrogen and oxygen atoms in total. The van der Waals surface area contributed by atoms with E-state index in [0.29, 0.717) is 24.5 Å². The quantitative estimate of drug-likeness (QED) is 0.0325. The molecule has 6 N–H and O–H groups in total. The molecule has 0 aliphatic carbocycles. The number of carbonyl (C=O) groups is 1. The number of fused-ring (bicyclic) bond motifs is 1. The Hall–Kier alpha value is -6.41. The number of phenols is 1. The Bertz CT molecular complexity index is 3020. The highest BCUT2D eigenvalue weighted by atomic mass is 79.9. The third kappa shape index (κ3) is 10.2. The minimum absolute atomic E-state index is 0.0530. The van der Waals surface area contributed by atoms with Gasteiger partial charge in [-0.05, 0) is 84.9 Å². The highest BCUT2D eigenvalue weighted by molar-refractivity contribution is 9.11. The second kappa shape index (κ2) is 18.3. The molecule has 5 aromatic carbocycles. The van der Waals surface area contributed by atoms with Crippen molar-refractivity contribution in [2.75, 3.05) is 33.5 Å². The van der Waals surface area contributed by atoms with Crippen LogP contribution in [-0.2, 0) is 35.1 Å². The molecule has 0 aliphatic heterocycles. The van der Waals surface area contributed by atoms with E-state index in [1.807, 2.05) is 74.5 Å². The summed E-state index contributed by atoms with van der Waals surface area (Å²) < 4.78 is 106. The topological polar surface area (TPSA) is 294 Å². The normalized spacial score (nSPS) is 12.2. The molecule has 1 heterocycles. The van der Waals surface area contributed by atoms with Crippen LogP contribution >= 0.6 is 15.9 Å². The van der Waals surface area contributed by atoms with Crippen LogP contribution in [0.5, 0.6) is 5.75 Å². The van der Waals surface area contributed by atoms with E-state index in [9.17, 15) is 48.8 Å². The third-order valence-electron chi connectivity index (χ3n) is 8.79. The maximum atomic E-state index is 12.8. The summed E-state index contributed by atoms with van der Waals surface area (Å²) >= 11 is 2.95. The van der Waals surface area contributed by atoms with Crippen LogP contribution in [0.25, 0.3) is 10.8 Å². The Balaban J connectivity index is 1.61. The fourth-order valence-electron chi connectivity index (χ4n) is 6.10. The van der Waals surface area contributed by atoms with E-state index in [-0.39, 0.29) is 40.0 Å². The molecule has 6 aromatic rings. The van der Waals surface area contributed by atoms with E-state index >= 15 is 0 Å². The van der Waals surface area contributed by atoms with Gasteiger partial charge in [-0.2, -0.15) is 40.2 Å².